The number of aromatic nitrogens is 2. The normalized spacial score (nSPS) is 21.3. The van der Waals surface area contributed by atoms with Crippen LogP contribution in [0.15, 0.2) is 42.6 Å². The Morgan fingerprint density at radius 1 is 1.24 bits per heavy atom. The number of benzene rings is 2. The molecule has 0 radical (unpaired) electrons. The second kappa shape index (κ2) is 7.10. The number of nitrogens with two attached hydrogens (primary N) is 1. The van der Waals surface area contributed by atoms with Crippen molar-refractivity contribution >= 4 is 28.3 Å². The number of rotatable bonds is 3. The van der Waals surface area contributed by atoms with Gasteiger partial charge in [0.05, 0.1) is 23.4 Å². The maximum Gasteiger partial charge on any atom is 0.319 e. The first-order valence-corrected chi connectivity index (χ1v) is 10.5. The molecule has 2 atom stereocenters. The maximum atomic E-state index is 12.5. The highest BCUT2D eigenvalue weighted by Gasteiger charge is 2.33. The van der Waals surface area contributed by atoms with E-state index in [1.165, 1.54) is 36.1 Å². The number of hydrogen-bond donors (Lipinski definition) is 2. The van der Waals surface area contributed by atoms with Gasteiger partial charge in [0.25, 0.3) is 0 Å². The summed E-state index contributed by atoms with van der Waals surface area (Å²) < 4.78 is 0. The standard InChI is InChI=1S/C23H27N5O/c1-15-5-2-3-12-27(15)17-9-10-18-16(13-17)8-11-22(18)28(23(24)29)21-7-4-6-20-19(21)14-25-26-20/h4,6-7,9-10,13-15,22H,2-3,5,8,11-12H2,1H3,(H2,24,29)(H,25,26). The first kappa shape index (κ1) is 18.0. The number of H-pyrrole nitrogens is 1. The van der Waals surface area contributed by atoms with E-state index >= 15 is 0 Å². The number of nitrogens with zero attached hydrogens (tertiary/aromatic N) is 3. The summed E-state index contributed by atoms with van der Waals surface area (Å²) in [6.45, 7) is 3.44. The highest BCUT2D eigenvalue weighted by molar-refractivity contribution is 6.02. The minimum Gasteiger partial charge on any atom is -0.369 e. The SMILES string of the molecule is CC1CCCCN1c1ccc2c(c1)CCC2N(C(N)=O)c1cccc2[nH]ncc12. The van der Waals surface area contributed by atoms with E-state index in [0.29, 0.717) is 6.04 Å². The molecule has 3 N–H and O–H groups in total. The zero-order chi connectivity index (χ0) is 20.0. The van der Waals surface area contributed by atoms with E-state index in [-0.39, 0.29) is 6.04 Å². The van der Waals surface area contributed by atoms with Gasteiger partial charge in [-0.3, -0.25) is 10.00 Å². The monoisotopic (exact) mass is 389 g/mol. The van der Waals surface area contributed by atoms with Gasteiger partial charge in [0.1, 0.15) is 0 Å². The molecule has 29 heavy (non-hydrogen) atoms. The lowest BCUT2D eigenvalue weighted by atomic mass is 10.0. The van der Waals surface area contributed by atoms with Crippen LogP contribution in [0.1, 0.15) is 49.8 Å². The molecule has 1 fully saturated rings. The fourth-order valence-electron chi connectivity index (χ4n) is 5.11. The van der Waals surface area contributed by atoms with Crippen molar-refractivity contribution in [2.24, 2.45) is 5.73 Å². The number of carbonyl (C=O) groups is 1. The number of primary amides is 1. The van der Waals surface area contributed by atoms with Gasteiger partial charge in [-0.2, -0.15) is 5.10 Å². The first-order chi connectivity index (χ1) is 14.1. The Morgan fingerprint density at radius 2 is 2.14 bits per heavy atom. The Labute approximate surface area is 170 Å². The van der Waals surface area contributed by atoms with Crippen LogP contribution >= 0.6 is 0 Å². The van der Waals surface area contributed by atoms with Crippen molar-refractivity contribution in [3.8, 4) is 0 Å². The summed E-state index contributed by atoms with van der Waals surface area (Å²) in [7, 11) is 0. The Bertz CT molecular complexity index is 1060. The third kappa shape index (κ3) is 3.03. The average Bonchev–Trinajstić information content (AvgIpc) is 3.36. The average molecular weight is 390 g/mol. The zero-order valence-electron chi connectivity index (χ0n) is 16.8. The second-order valence-corrected chi connectivity index (χ2v) is 8.29. The van der Waals surface area contributed by atoms with Crippen molar-refractivity contribution in [3.63, 3.8) is 0 Å². The summed E-state index contributed by atoms with van der Waals surface area (Å²) in [5.41, 5.74) is 11.4. The second-order valence-electron chi connectivity index (χ2n) is 8.29. The van der Waals surface area contributed by atoms with Crippen LogP contribution in [-0.2, 0) is 6.42 Å². The summed E-state index contributed by atoms with van der Waals surface area (Å²) in [5, 5.41) is 8.03. The van der Waals surface area contributed by atoms with E-state index in [1.54, 1.807) is 11.1 Å². The lowest BCUT2D eigenvalue weighted by Gasteiger charge is -2.36. The fraction of sp³-hybridized carbons (Fsp3) is 0.391. The topological polar surface area (TPSA) is 78.2 Å². The largest absolute Gasteiger partial charge is 0.369 e. The van der Waals surface area contributed by atoms with Crippen molar-refractivity contribution in [2.75, 3.05) is 16.3 Å². The summed E-state index contributed by atoms with van der Waals surface area (Å²) in [5.74, 6) is 0. The third-order valence-electron chi connectivity index (χ3n) is 6.58. The van der Waals surface area contributed by atoms with Crippen LogP contribution in [0.25, 0.3) is 10.9 Å². The number of amides is 2. The number of fused-ring (bicyclic) bond motifs is 2. The van der Waals surface area contributed by atoms with Crippen LogP contribution in [0.5, 0.6) is 0 Å². The molecule has 0 spiro atoms. The summed E-state index contributed by atoms with van der Waals surface area (Å²) in [6.07, 6.45) is 7.43. The molecule has 1 aliphatic heterocycles. The molecule has 0 bridgehead atoms. The van der Waals surface area contributed by atoms with Crippen molar-refractivity contribution in [1.82, 2.24) is 10.2 Å². The van der Waals surface area contributed by atoms with Crippen molar-refractivity contribution < 1.29 is 4.79 Å². The Kier molecular flexibility index (Phi) is 4.42. The van der Waals surface area contributed by atoms with E-state index in [1.807, 2.05) is 18.2 Å². The number of aryl methyl sites for hydroxylation is 1. The third-order valence-corrected chi connectivity index (χ3v) is 6.58. The van der Waals surface area contributed by atoms with Gasteiger partial charge in [0.15, 0.2) is 0 Å². The molecule has 0 saturated carbocycles. The predicted octanol–water partition coefficient (Wildman–Crippen LogP) is 4.51. The van der Waals surface area contributed by atoms with Crippen LogP contribution in [0.2, 0.25) is 0 Å². The molecular formula is C23H27N5O. The number of anilines is 2. The van der Waals surface area contributed by atoms with E-state index < -0.39 is 6.03 Å². The Morgan fingerprint density at radius 3 is 2.97 bits per heavy atom. The molecule has 2 unspecified atom stereocenters. The summed E-state index contributed by atoms with van der Waals surface area (Å²) >= 11 is 0. The van der Waals surface area contributed by atoms with Crippen molar-refractivity contribution in [3.05, 3.63) is 53.7 Å². The van der Waals surface area contributed by atoms with Crippen LogP contribution < -0.4 is 15.5 Å². The highest BCUT2D eigenvalue weighted by atomic mass is 16.2. The van der Waals surface area contributed by atoms with E-state index in [2.05, 4.69) is 40.2 Å². The molecule has 2 aromatic carbocycles. The van der Waals surface area contributed by atoms with Gasteiger partial charge in [-0.1, -0.05) is 12.1 Å². The Balaban J connectivity index is 1.51. The number of urea groups is 1. The number of aromatic amines is 1. The van der Waals surface area contributed by atoms with Gasteiger partial charge in [-0.25, -0.2) is 4.79 Å². The van der Waals surface area contributed by atoms with Gasteiger partial charge >= 0.3 is 6.03 Å². The first-order valence-electron chi connectivity index (χ1n) is 10.5. The van der Waals surface area contributed by atoms with Crippen molar-refractivity contribution in [2.45, 2.75) is 51.1 Å². The van der Waals surface area contributed by atoms with Gasteiger partial charge in [-0.05, 0) is 74.4 Å². The number of nitrogens with one attached hydrogen (secondary N) is 1. The van der Waals surface area contributed by atoms with E-state index in [4.69, 9.17) is 5.73 Å². The molecule has 2 heterocycles. The van der Waals surface area contributed by atoms with Crippen LogP contribution in [-0.4, -0.2) is 28.8 Å². The summed E-state index contributed by atoms with van der Waals surface area (Å²) in [6, 6.07) is 12.7. The molecule has 5 rings (SSSR count). The molecular weight excluding hydrogens is 362 g/mol. The predicted molar refractivity (Wildman–Crippen MR) is 116 cm³/mol. The van der Waals surface area contributed by atoms with Gasteiger partial charge in [0, 0.05) is 23.7 Å². The quantitative estimate of drug-likeness (QED) is 0.691. The van der Waals surface area contributed by atoms with Gasteiger partial charge in [0.2, 0.25) is 0 Å². The lowest BCUT2D eigenvalue weighted by molar-refractivity contribution is 0.251. The zero-order valence-corrected chi connectivity index (χ0v) is 16.8. The molecule has 2 aliphatic rings. The number of carbonyl (C=O) groups excluding carboxylic acids is 1. The molecule has 1 saturated heterocycles. The van der Waals surface area contributed by atoms with E-state index in [9.17, 15) is 4.79 Å². The molecule has 2 amide bonds. The van der Waals surface area contributed by atoms with Gasteiger partial charge < -0.3 is 10.6 Å². The van der Waals surface area contributed by atoms with E-state index in [0.717, 1.165) is 36.0 Å². The molecule has 6 nitrogen and oxygen atoms in total. The van der Waals surface area contributed by atoms with Crippen LogP contribution in [0.3, 0.4) is 0 Å². The molecule has 1 aliphatic carbocycles. The number of piperidine rings is 1. The molecule has 6 heteroatoms. The smallest absolute Gasteiger partial charge is 0.319 e. The minimum atomic E-state index is -0.426. The van der Waals surface area contributed by atoms with Crippen LogP contribution in [0, 0.1) is 0 Å². The Hall–Kier alpha value is -3.02. The maximum absolute atomic E-state index is 12.5. The highest BCUT2D eigenvalue weighted by Crippen LogP contribution is 2.42. The van der Waals surface area contributed by atoms with Gasteiger partial charge in [-0.15, -0.1) is 0 Å². The molecule has 150 valence electrons. The lowest BCUT2D eigenvalue weighted by Crippen LogP contribution is -2.38. The minimum absolute atomic E-state index is 0.0455. The summed E-state index contributed by atoms with van der Waals surface area (Å²) in [4.78, 5) is 16.8. The van der Waals surface area contributed by atoms with Crippen LogP contribution in [0.4, 0.5) is 16.2 Å². The number of hydrogen-bond acceptors (Lipinski definition) is 3. The molecule has 3 aromatic rings. The fourth-order valence-corrected chi connectivity index (χ4v) is 5.11. The van der Waals surface area contributed by atoms with Crippen molar-refractivity contribution in [1.29, 1.82) is 0 Å². The molecule has 1 aromatic heterocycles.